The predicted octanol–water partition coefficient (Wildman–Crippen LogP) is 5.42. The van der Waals surface area contributed by atoms with Gasteiger partial charge >= 0.3 is 0 Å². The molecule has 1 saturated carbocycles. The summed E-state index contributed by atoms with van der Waals surface area (Å²) in [4.78, 5) is 0. The Labute approximate surface area is 96.8 Å². The van der Waals surface area contributed by atoms with Gasteiger partial charge in [-0.3, -0.25) is 0 Å². The van der Waals surface area contributed by atoms with Crippen LogP contribution in [0.4, 0.5) is 0 Å². The van der Waals surface area contributed by atoms with Crippen LogP contribution >= 0.6 is 0 Å². The normalized spacial score (nSPS) is 27.4. The van der Waals surface area contributed by atoms with E-state index < -0.39 is 0 Å². The molecule has 0 aromatic carbocycles. The smallest absolute Gasteiger partial charge is 0.0409 e. The first-order valence-corrected chi connectivity index (χ1v) is 7.30. The van der Waals surface area contributed by atoms with E-state index in [2.05, 4.69) is 20.8 Å². The van der Waals surface area contributed by atoms with Gasteiger partial charge in [-0.2, -0.15) is 0 Å². The molecule has 0 amide bonds. The Kier molecular flexibility index (Phi) is 6.36. The standard InChI is InChI=1S/C15H30/c1-4-8-13(5-2)9-7-10-15-11-14(6-3)12-15/h13-15H,4-12H2,1-3H3. The van der Waals surface area contributed by atoms with Gasteiger partial charge in [-0.1, -0.05) is 65.7 Å². The van der Waals surface area contributed by atoms with Crippen molar-refractivity contribution in [2.24, 2.45) is 17.8 Å². The minimum atomic E-state index is 1.03. The Balaban J connectivity index is 1.96. The third kappa shape index (κ3) is 4.57. The molecule has 15 heavy (non-hydrogen) atoms. The van der Waals surface area contributed by atoms with Crippen molar-refractivity contribution in [3.63, 3.8) is 0 Å². The maximum Gasteiger partial charge on any atom is -0.0409 e. The highest BCUT2D eigenvalue weighted by molar-refractivity contribution is 4.78. The van der Waals surface area contributed by atoms with Crippen molar-refractivity contribution in [2.75, 3.05) is 0 Å². The molecule has 0 nitrogen and oxygen atoms in total. The molecule has 0 N–H and O–H groups in total. The Hall–Kier alpha value is 0. The van der Waals surface area contributed by atoms with Gasteiger partial charge in [-0.25, -0.2) is 0 Å². The Bertz CT molecular complexity index is 144. The lowest BCUT2D eigenvalue weighted by Gasteiger charge is -2.35. The highest BCUT2D eigenvalue weighted by atomic mass is 14.3. The van der Waals surface area contributed by atoms with Crippen LogP contribution in [0.25, 0.3) is 0 Å². The Morgan fingerprint density at radius 3 is 2.27 bits per heavy atom. The molecule has 1 unspecified atom stereocenters. The second-order valence-electron chi connectivity index (χ2n) is 5.61. The maximum atomic E-state index is 2.36. The summed E-state index contributed by atoms with van der Waals surface area (Å²) in [6.07, 6.45) is 13.3. The first-order valence-electron chi connectivity index (χ1n) is 7.30. The molecular formula is C15H30. The lowest BCUT2D eigenvalue weighted by atomic mass is 9.71. The fourth-order valence-electron chi connectivity index (χ4n) is 3.10. The minimum Gasteiger partial charge on any atom is -0.0654 e. The van der Waals surface area contributed by atoms with Crippen LogP contribution in [0.5, 0.6) is 0 Å². The molecule has 0 bridgehead atoms. The van der Waals surface area contributed by atoms with Crippen LogP contribution in [0.3, 0.4) is 0 Å². The molecule has 1 aliphatic carbocycles. The largest absolute Gasteiger partial charge is 0.0654 e. The maximum absolute atomic E-state index is 2.36. The third-order valence-corrected chi connectivity index (χ3v) is 4.41. The number of hydrogen-bond acceptors (Lipinski definition) is 0. The van der Waals surface area contributed by atoms with Crippen molar-refractivity contribution in [1.29, 1.82) is 0 Å². The molecule has 1 aliphatic rings. The highest BCUT2D eigenvalue weighted by Gasteiger charge is 2.26. The summed E-state index contributed by atoms with van der Waals surface area (Å²) in [6.45, 7) is 7.02. The van der Waals surface area contributed by atoms with E-state index in [1.807, 2.05) is 0 Å². The molecule has 90 valence electrons. The van der Waals surface area contributed by atoms with Gasteiger partial charge in [0.15, 0.2) is 0 Å². The molecule has 0 radical (unpaired) electrons. The predicted molar refractivity (Wildman–Crippen MR) is 69.0 cm³/mol. The van der Waals surface area contributed by atoms with E-state index in [9.17, 15) is 0 Å². The zero-order valence-corrected chi connectivity index (χ0v) is 11.1. The van der Waals surface area contributed by atoms with E-state index in [0.717, 1.165) is 17.8 Å². The minimum absolute atomic E-state index is 1.03. The highest BCUT2D eigenvalue weighted by Crippen LogP contribution is 2.39. The summed E-state index contributed by atoms with van der Waals surface area (Å²) in [5, 5.41) is 0. The van der Waals surface area contributed by atoms with E-state index in [-0.39, 0.29) is 0 Å². The van der Waals surface area contributed by atoms with Gasteiger partial charge in [-0.15, -0.1) is 0 Å². The SMILES string of the molecule is CCCC(CC)CCCC1CC(CC)C1. The van der Waals surface area contributed by atoms with E-state index in [0.29, 0.717) is 0 Å². The third-order valence-electron chi connectivity index (χ3n) is 4.41. The monoisotopic (exact) mass is 210 g/mol. The molecule has 0 aromatic heterocycles. The van der Waals surface area contributed by atoms with E-state index >= 15 is 0 Å². The van der Waals surface area contributed by atoms with Crippen LogP contribution in [0.1, 0.15) is 78.6 Å². The van der Waals surface area contributed by atoms with Gasteiger partial charge in [0, 0.05) is 0 Å². The molecule has 0 aliphatic heterocycles. The van der Waals surface area contributed by atoms with Crippen molar-refractivity contribution in [2.45, 2.75) is 78.6 Å². The summed E-state index contributed by atoms with van der Waals surface area (Å²) >= 11 is 0. The Morgan fingerprint density at radius 2 is 1.73 bits per heavy atom. The van der Waals surface area contributed by atoms with Crippen molar-refractivity contribution in [1.82, 2.24) is 0 Å². The average molecular weight is 210 g/mol. The van der Waals surface area contributed by atoms with Gasteiger partial charge in [0.1, 0.15) is 0 Å². The molecular weight excluding hydrogens is 180 g/mol. The summed E-state index contributed by atoms with van der Waals surface area (Å²) < 4.78 is 0. The average Bonchev–Trinajstić information content (AvgIpc) is 2.19. The molecule has 0 saturated heterocycles. The van der Waals surface area contributed by atoms with Crippen molar-refractivity contribution < 1.29 is 0 Å². The fraction of sp³-hybridized carbons (Fsp3) is 1.00. The fourth-order valence-corrected chi connectivity index (χ4v) is 3.10. The van der Waals surface area contributed by atoms with Gasteiger partial charge in [-0.05, 0) is 30.6 Å². The summed E-state index contributed by atoms with van der Waals surface area (Å²) in [6, 6.07) is 0. The zero-order valence-electron chi connectivity index (χ0n) is 11.1. The van der Waals surface area contributed by atoms with Crippen LogP contribution in [-0.2, 0) is 0 Å². The summed E-state index contributed by atoms with van der Waals surface area (Å²) in [7, 11) is 0. The Morgan fingerprint density at radius 1 is 1.00 bits per heavy atom. The van der Waals surface area contributed by atoms with Gasteiger partial charge < -0.3 is 0 Å². The van der Waals surface area contributed by atoms with Crippen LogP contribution in [0, 0.1) is 17.8 Å². The van der Waals surface area contributed by atoms with Gasteiger partial charge in [0.2, 0.25) is 0 Å². The van der Waals surface area contributed by atoms with Crippen LogP contribution in [0.15, 0.2) is 0 Å². The zero-order chi connectivity index (χ0) is 11.1. The number of hydrogen-bond donors (Lipinski definition) is 0. The molecule has 0 spiro atoms. The number of rotatable bonds is 8. The summed E-state index contributed by atoms with van der Waals surface area (Å²) in [5.41, 5.74) is 0. The van der Waals surface area contributed by atoms with Gasteiger partial charge in [0.25, 0.3) is 0 Å². The van der Waals surface area contributed by atoms with Gasteiger partial charge in [0.05, 0.1) is 0 Å². The molecule has 0 heteroatoms. The molecule has 0 heterocycles. The second-order valence-corrected chi connectivity index (χ2v) is 5.61. The van der Waals surface area contributed by atoms with Crippen molar-refractivity contribution in [3.05, 3.63) is 0 Å². The topological polar surface area (TPSA) is 0 Å². The van der Waals surface area contributed by atoms with Crippen LogP contribution in [-0.4, -0.2) is 0 Å². The van der Waals surface area contributed by atoms with Crippen LogP contribution in [0.2, 0.25) is 0 Å². The quantitative estimate of drug-likeness (QED) is 0.502. The molecule has 1 atom stereocenters. The summed E-state index contributed by atoms with van der Waals surface area (Å²) in [5.74, 6) is 3.22. The van der Waals surface area contributed by atoms with E-state index in [1.54, 1.807) is 12.8 Å². The van der Waals surface area contributed by atoms with E-state index in [4.69, 9.17) is 0 Å². The molecule has 1 rings (SSSR count). The lowest BCUT2D eigenvalue weighted by molar-refractivity contribution is 0.170. The van der Waals surface area contributed by atoms with E-state index in [1.165, 1.54) is 44.9 Å². The van der Waals surface area contributed by atoms with Crippen LogP contribution < -0.4 is 0 Å². The first kappa shape index (κ1) is 13.1. The second kappa shape index (κ2) is 7.30. The molecule has 0 aromatic rings. The first-order chi connectivity index (χ1) is 7.30. The lowest BCUT2D eigenvalue weighted by Crippen LogP contribution is -2.22. The molecule has 1 fully saturated rings. The van der Waals surface area contributed by atoms with Crippen molar-refractivity contribution in [3.8, 4) is 0 Å². The van der Waals surface area contributed by atoms with Crippen molar-refractivity contribution >= 4 is 0 Å².